The lowest BCUT2D eigenvalue weighted by molar-refractivity contribution is -0.121. The van der Waals surface area contributed by atoms with Gasteiger partial charge in [0.15, 0.2) is 5.65 Å². The zero-order chi connectivity index (χ0) is 20.4. The van der Waals surface area contributed by atoms with Gasteiger partial charge < -0.3 is 9.73 Å². The fraction of sp³-hybridized carbons (Fsp3) is 0.227. The SMILES string of the molecule is Cc1c(C)n(-c2ccccc2)c2ncn(CCC(=O)NCc3ccco3)c(=O)c12. The summed E-state index contributed by atoms with van der Waals surface area (Å²) in [6.07, 6.45) is 3.27. The predicted octanol–water partition coefficient (Wildman–Crippen LogP) is 3.10. The topological polar surface area (TPSA) is 82.1 Å². The molecule has 29 heavy (non-hydrogen) atoms. The maximum absolute atomic E-state index is 13.1. The monoisotopic (exact) mass is 390 g/mol. The molecule has 1 amide bonds. The summed E-state index contributed by atoms with van der Waals surface area (Å²) in [6.45, 7) is 4.51. The number of aromatic nitrogens is 3. The molecule has 148 valence electrons. The van der Waals surface area contributed by atoms with Gasteiger partial charge in [0.2, 0.25) is 5.91 Å². The van der Waals surface area contributed by atoms with Gasteiger partial charge in [-0.1, -0.05) is 18.2 Å². The van der Waals surface area contributed by atoms with E-state index in [1.807, 2.05) is 48.7 Å². The molecule has 4 aromatic rings. The van der Waals surface area contributed by atoms with E-state index in [2.05, 4.69) is 10.3 Å². The second kappa shape index (κ2) is 7.79. The van der Waals surface area contributed by atoms with E-state index < -0.39 is 0 Å². The highest BCUT2D eigenvalue weighted by atomic mass is 16.3. The van der Waals surface area contributed by atoms with Crippen LogP contribution in [0.5, 0.6) is 0 Å². The van der Waals surface area contributed by atoms with Crippen LogP contribution in [0.1, 0.15) is 23.4 Å². The van der Waals surface area contributed by atoms with Crippen LogP contribution in [0.3, 0.4) is 0 Å². The fourth-order valence-corrected chi connectivity index (χ4v) is 3.45. The van der Waals surface area contributed by atoms with Crippen molar-refractivity contribution in [2.45, 2.75) is 33.4 Å². The molecule has 3 aromatic heterocycles. The second-order valence-electron chi connectivity index (χ2n) is 6.93. The lowest BCUT2D eigenvalue weighted by atomic mass is 10.2. The van der Waals surface area contributed by atoms with Crippen molar-refractivity contribution in [3.8, 4) is 5.69 Å². The first kappa shape index (κ1) is 18.7. The van der Waals surface area contributed by atoms with Gasteiger partial charge in [0.05, 0.1) is 24.5 Å². The highest BCUT2D eigenvalue weighted by Gasteiger charge is 2.18. The smallest absolute Gasteiger partial charge is 0.263 e. The van der Waals surface area contributed by atoms with Crippen molar-refractivity contribution in [2.75, 3.05) is 0 Å². The van der Waals surface area contributed by atoms with Gasteiger partial charge in [-0.05, 0) is 43.7 Å². The summed E-state index contributed by atoms with van der Waals surface area (Å²) in [5.74, 6) is 0.537. The van der Waals surface area contributed by atoms with Crippen LogP contribution in [0.4, 0.5) is 0 Å². The zero-order valence-corrected chi connectivity index (χ0v) is 16.4. The fourth-order valence-electron chi connectivity index (χ4n) is 3.45. The van der Waals surface area contributed by atoms with Crippen LogP contribution < -0.4 is 10.9 Å². The van der Waals surface area contributed by atoms with Crippen molar-refractivity contribution >= 4 is 16.9 Å². The molecule has 0 unspecified atom stereocenters. The zero-order valence-electron chi connectivity index (χ0n) is 16.4. The van der Waals surface area contributed by atoms with E-state index in [9.17, 15) is 9.59 Å². The second-order valence-corrected chi connectivity index (χ2v) is 6.93. The first-order valence-electron chi connectivity index (χ1n) is 9.48. The third-order valence-corrected chi connectivity index (χ3v) is 5.12. The maximum atomic E-state index is 13.1. The first-order chi connectivity index (χ1) is 14.1. The van der Waals surface area contributed by atoms with E-state index in [-0.39, 0.29) is 24.4 Å². The van der Waals surface area contributed by atoms with E-state index in [0.717, 1.165) is 16.9 Å². The molecule has 0 aliphatic rings. The summed E-state index contributed by atoms with van der Waals surface area (Å²) in [6, 6.07) is 13.4. The van der Waals surface area contributed by atoms with Gasteiger partial charge in [0.25, 0.3) is 5.56 Å². The molecule has 0 aliphatic carbocycles. The Labute approximate surface area is 167 Å². The van der Waals surface area contributed by atoms with E-state index in [1.165, 1.54) is 10.9 Å². The molecule has 7 heteroatoms. The van der Waals surface area contributed by atoms with Crippen LogP contribution in [0.15, 0.2) is 64.3 Å². The molecule has 1 N–H and O–H groups in total. The Kier molecular flexibility index (Phi) is 5.03. The van der Waals surface area contributed by atoms with Crippen LogP contribution >= 0.6 is 0 Å². The number of rotatable bonds is 6. The Morgan fingerprint density at radius 1 is 1.14 bits per heavy atom. The number of carbonyl (C=O) groups is 1. The number of carbonyl (C=O) groups excluding carboxylic acids is 1. The summed E-state index contributed by atoms with van der Waals surface area (Å²) >= 11 is 0. The molecule has 4 rings (SSSR count). The van der Waals surface area contributed by atoms with Crippen molar-refractivity contribution in [2.24, 2.45) is 0 Å². The molecule has 0 fully saturated rings. The van der Waals surface area contributed by atoms with Crippen molar-refractivity contribution in [3.63, 3.8) is 0 Å². The van der Waals surface area contributed by atoms with Crippen molar-refractivity contribution < 1.29 is 9.21 Å². The quantitative estimate of drug-likeness (QED) is 0.548. The summed E-state index contributed by atoms with van der Waals surface area (Å²) in [4.78, 5) is 29.7. The molecule has 0 saturated carbocycles. The average Bonchev–Trinajstić information content (AvgIpc) is 3.34. The summed E-state index contributed by atoms with van der Waals surface area (Å²) in [7, 11) is 0. The number of nitrogens with one attached hydrogen (secondary N) is 1. The number of benzene rings is 1. The van der Waals surface area contributed by atoms with E-state index in [1.54, 1.807) is 18.4 Å². The maximum Gasteiger partial charge on any atom is 0.263 e. The average molecular weight is 390 g/mol. The van der Waals surface area contributed by atoms with Gasteiger partial charge in [-0.25, -0.2) is 4.98 Å². The van der Waals surface area contributed by atoms with E-state index in [4.69, 9.17) is 4.42 Å². The van der Waals surface area contributed by atoms with E-state index in [0.29, 0.717) is 23.3 Å². The lowest BCUT2D eigenvalue weighted by Crippen LogP contribution is -2.27. The van der Waals surface area contributed by atoms with Gasteiger partial charge in [-0.2, -0.15) is 0 Å². The molecular weight excluding hydrogens is 368 g/mol. The third-order valence-electron chi connectivity index (χ3n) is 5.12. The minimum absolute atomic E-state index is 0.135. The van der Waals surface area contributed by atoms with Gasteiger partial charge in [-0.3, -0.25) is 18.7 Å². The normalized spacial score (nSPS) is 11.1. The number of hydrogen-bond donors (Lipinski definition) is 1. The predicted molar refractivity (Wildman–Crippen MR) is 110 cm³/mol. The van der Waals surface area contributed by atoms with Crippen LogP contribution in [0.2, 0.25) is 0 Å². The molecule has 1 aromatic carbocycles. The highest BCUT2D eigenvalue weighted by molar-refractivity contribution is 5.83. The molecule has 7 nitrogen and oxygen atoms in total. The van der Waals surface area contributed by atoms with Gasteiger partial charge in [0.1, 0.15) is 5.76 Å². The van der Waals surface area contributed by atoms with Crippen molar-refractivity contribution in [1.29, 1.82) is 0 Å². The Hall–Kier alpha value is -3.61. The molecule has 0 radical (unpaired) electrons. The highest BCUT2D eigenvalue weighted by Crippen LogP contribution is 2.24. The van der Waals surface area contributed by atoms with E-state index >= 15 is 0 Å². The Bertz CT molecular complexity index is 1200. The van der Waals surface area contributed by atoms with Crippen molar-refractivity contribution in [1.82, 2.24) is 19.4 Å². The Morgan fingerprint density at radius 3 is 2.66 bits per heavy atom. The number of fused-ring (bicyclic) bond motifs is 1. The molecular formula is C22H22N4O3. The Morgan fingerprint density at radius 2 is 1.93 bits per heavy atom. The van der Waals surface area contributed by atoms with Gasteiger partial charge in [0, 0.05) is 24.3 Å². The van der Waals surface area contributed by atoms with Crippen LogP contribution in [0.25, 0.3) is 16.7 Å². The minimum atomic E-state index is -0.150. The third kappa shape index (κ3) is 3.59. The van der Waals surface area contributed by atoms with Crippen molar-refractivity contribution in [3.05, 3.63) is 82.4 Å². The van der Waals surface area contributed by atoms with Crippen LogP contribution in [-0.2, 0) is 17.9 Å². The first-order valence-corrected chi connectivity index (χ1v) is 9.48. The number of amides is 1. The lowest BCUT2D eigenvalue weighted by Gasteiger charge is -2.09. The Balaban J connectivity index is 1.57. The standard InChI is InChI=1S/C22H22N4O3/c1-15-16(2)26(17-7-4-3-5-8-17)21-20(15)22(28)25(14-24-21)11-10-19(27)23-13-18-9-6-12-29-18/h3-9,12,14H,10-11,13H2,1-2H3,(H,23,27). The summed E-state index contributed by atoms with van der Waals surface area (Å²) in [5, 5.41) is 3.37. The molecule has 0 bridgehead atoms. The summed E-state index contributed by atoms with van der Waals surface area (Å²) < 4.78 is 8.68. The van der Waals surface area contributed by atoms with Crippen LogP contribution in [-0.4, -0.2) is 20.0 Å². The number of nitrogens with zero attached hydrogens (tertiary/aromatic N) is 3. The van der Waals surface area contributed by atoms with Gasteiger partial charge in [-0.15, -0.1) is 0 Å². The molecule has 0 spiro atoms. The number of hydrogen-bond acceptors (Lipinski definition) is 4. The van der Waals surface area contributed by atoms with Gasteiger partial charge >= 0.3 is 0 Å². The molecule has 0 atom stereocenters. The largest absolute Gasteiger partial charge is 0.467 e. The summed E-state index contributed by atoms with van der Waals surface area (Å²) in [5.41, 5.74) is 3.34. The molecule has 0 saturated heterocycles. The number of aryl methyl sites for hydroxylation is 2. The number of furan rings is 1. The van der Waals surface area contributed by atoms with Crippen LogP contribution in [0, 0.1) is 13.8 Å². The minimum Gasteiger partial charge on any atom is -0.467 e. The molecule has 0 aliphatic heterocycles. The molecule has 3 heterocycles. The number of para-hydroxylation sites is 1.